The van der Waals surface area contributed by atoms with Gasteiger partial charge in [-0.05, 0) is 94.9 Å². The van der Waals surface area contributed by atoms with Crippen LogP contribution in [0.1, 0.15) is 29.8 Å². The molecule has 25 heavy (non-hydrogen) atoms. The summed E-state index contributed by atoms with van der Waals surface area (Å²) in [7, 11) is 0. The molecule has 8 heteroatoms. The molecule has 0 aliphatic rings. The van der Waals surface area contributed by atoms with E-state index < -0.39 is 5.91 Å². The van der Waals surface area contributed by atoms with Gasteiger partial charge in [0.25, 0.3) is 5.91 Å². The first kappa shape index (κ1) is 20.4. The Morgan fingerprint density at radius 2 is 1.92 bits per heavy atom. The van der Waals surface area contributed by atoms with Crippen LogP contribution in [0.4, 0.5) is 0 Å². The van der Waals surface area contributed by atoms with Gasteiger partial charge in [-0.2, -0.15) is 5.10 Å². The number of amides is 1. The van der Waals surface area contributed by atoms with E-state index in [0.717, 1.165) is 18.5 Å². The average Bonchev–Trinajstić information content (AvgIpc) is 2.53. The molecule has 2 rings (SSSR count). The minimum Gasteiger partial charge on any atom is -0.507 e. The molecule has 0 saturated heterocycles. The number of phenolic OH excluding ortho intramolecular Hbond substituents is 1. The molecule has 1 amide bonds. The van der Waals surface area contributed by atoms with Crippen molar-refractivity contribution >= 4 is 73.2 Å². The zero-order valence-corrected chi connectivity index (χ0v) is 19.3. The molecule has 0 unspecified atom stereocenters. The van der Waals surface area contributed by atoms with Gasteiger partial charge in [-0.1, -0.05) is 15.9 Å². The van der Waals surface area contributed by atoms with Gasteiger partial charge in [-0.3, -0.25) is 4.79 Å². The van der Waals surface area contributed by atoms with Crippen LogP contribution in [0.15, 0.2) is 39.9 Å². The third kappa shape index (κ3) is 5.81. The van der Waals surface area contributed by atoms with E-state index >= 15 is 0 Å². The maximum absolute atomic E-state index is 12.1. The summed E-state index contributed by atoms with van der Waals surface area (Å²) >= 11 is 7.69. The summed E-state index contributed by atoms with van der Waals surface area (Å²) in [6.45, 7) is 3.96. The maximum atomic E-state index is 12.1. The first-order valence-electron chi connectivity index (χ1n) is 7.25. The average molecular weight is 629 g/mol. The van der Waals surface area contributed by atoms with Crippen LogP contribution in [-0.4, -0.2) is 23.3 Å². The molecule has 0 aliphatic heterocycles. The molecule has 0 bridgehead atoms. The third-order valence-corrected chi connectivity index (χ3v) is 5.05. The molecule has 0 aromatic heterocycles. The Morgan fingerprint density at radius 3 is 2.52 bits per heavy atom. The number of hydrogen-bond acceptors (Lipinski definition) is 4. The summed E-state index contributed by atoms with van der Waals surface area (Å²) in [6.07, 6.45) is 1.65. The van der Waals surface area contributed by atoms with Gasteiger partial charge in [0.15, 0.2) is 0 Å². The molecule has 0 spiro atoms. The largest absolute Gasteiger partial charge is 0.507 e. The Hall–Kier alpha value is -0.880. The van der Waals surface area contributed by atoms with Crippen molar-refractivity contribution in [3.63, 3.8) is 0 Å². The number of nitrogens with one attached hydrogen (secondary N) is 1. The van der Waals surface area contributed by atoms with E-state index in [1.807, 2.05) is 26.0 Å². The molecule has 0 heterocycles. The van der Waals surface area contributed by atoms with Crippen LogP contribution >= 0.6 is 61.1 Å². The normalized spacial score (nSPS) is 11.1. The summed E-state index contributed by atoms with van der Waals surface area (Å²) < 4.78 is 8.43. The Kier molecular flexibility index (Phi) is 7.50. The zero-order chi connectivity index (χ0) is 18.6. The first-order valence-corrected chi connectivity index (χ1v) is 10.2. The van der Waals surface area contributed by atoms with Crippen LogP contribution in [0.2, 0.25) is 0 Å². The van der Waals surface area contributed by atoms with Gasteiger partial charge < -0.3 is 9.84 Å². The standard InChI is InChI=1S/C17H15BrI2N2O3/c1-9(2)25-16-13(19)5-10(6-14(16)20)8-21-22-17(24)12-7-11(18)3-4-15(12)23/h3-9,23H,1-2H3,(H,22,24)/b21-8+. The Labute approximate surface area is 181 Å². The number of hydrazone groups is 1. The Morgan fingerprint density at radius 1 is 1.28 bits per heavy atom. The highest BCUT2D eigenvalue weighted by molar-refractivity contribution is 14.1. The number of hydrogen-bond donors (Lipinski definition) is 2. The number of rotatable bonds is 5. The second-order valence-corrected chi connectivity index (χ2v) is 8.58. The van der Waals surface area contributed by atoms with Crippen molar-refractivity contribution in [3.8, 4) is 11.5 Å². The van der Waals surface area contributed by atoms with Crippen LogP contribution in [0.5, 0.6) is 11.5 Å². The predicted molar refractivity (Wildman–Crippen MR) is 119 cm³/mol. The minimum absolute atomic E-state index is 0.0960. The van der Waals surface area contributed by atoms with Gasteiger partial charge in [0, 0.05) is 4.47 Å². The molecule has 0 atom stereocenters. The fraction of sp³-hybridized carbons (Fsp3) is 0.176. The van der Waals surface area contributed by atoms with E-state index in [4.69, 9.17) is 4.74 Å². The summed E-state index contributed by atoms with van der Waals surface area (Å²) in [5.74, 6) is 0.255. The number of carbonyl (C=O) groups excluding carboxylic acids is 1. The maximum Gasteiger partial charge on any atom is 0.275 e. The number of phenols is 1. The van der Waals surface area contributed by atoms with E-state index in [9.17, 15) is 9.90 Å². The second-order valence-electron chi connectivity index (χ2n) is 5.34. The van der Waals surface area contributed by atoms with Gasteiger partial charge >= 0.3 is 0 Å². The molecule has 0 radical (unpaired) electrons. The van der Waals surface area contributed by atoms with E-state index in [1.165, 1.54) is 12.1 Å². The van der Waals surface area contributed by atoms with Crippen molar-refractivity contribution in [2.75, 3.05) is 0 Å². The van der Waals surface area contributed by atoms with Crippen molar-refractivity contribution in [2.45, 2.75) is 20.0 Å². The second kappa shape index (κ2) is 9.17. The molecule has 132 valence electrons. The van der Waals surface area contributed by atoms with Crippen molar-refractivity contribution in [1.82, 2.24) is 5.43 Å². The van der Waals surface area contributed by atoms with E-state index in [-0.39, 0.29) is 17.4 Å². The number of benzene rings is 2. The predicted octanol–water partition coefficient (Wildman–Crippen LogP) is 4.92. The van der Waals surface area contributed by atoms with Crippen LogP contribution in [0, 0.1) is 7.14 Å². The lowest BCUT2D eigenvalue weighted by atomic mass is 10.2. The van der Waals surface area contributed by atoms with Crippen molar-refractivity contribution < 1.29 is 14.6 Å². The molecule has 2 N–H and O–H groups in total. The zero-order valence-electron chi connectivity index (χ0n) is 13.4. The first-order chi connectivity index (χ1) is 11.8. The van der Waals surface area contributed by atoms with Crippen LogP contribution in [-0.2, 0) is 0 Å². The van der Waals surface area contributed by atoms with Crippen molar-refractivity contribution in [2.24, 2.45) is 5.10 Å². The van der Waals surface area contributed by atoms with E-state index in [1.54, 1.807) is 12.3 Å². The summed E-state index contributed by atoms with van der Waals surface area (Å²) in [5, 5.41) is 13.7. The molecular formula is C17H15BrI2N2O3. The lowest BCUT2D eigenvalue weighted by Crippen LogP contribution is -2.17. The highest BCUT2D eigenvalue weighted by Crippen LogP contribution is 2.29. The van der Waals surface area contributed by atoms with Crippen LogP contribution in [0.3, 0.4) is 0 Å². The molecule has 5 nitrogen and oxygen atoms in total. The summed E-state index contributed by atoms with van der Waals surface area (Å²) in [6, 6.07) is 8.48. The monoisotopic (exact) mass is 628 g/mol. The number of halogens is 3. The quantitative estimate of drug-likeness (QED) is 0.281. The van der Waals surface area contributed by atoms with Gasteiger partial charge in [0.05, 0.1) is 25.0 Å². The Bertz CT molecular complexity index is 803. The molecule has 0 aliphatic carbocycles. The number of ether oxygens (including phenoxy) is 1. The lowest BCUT2D eigenvalue weighted by Gasteiger charge is -2.14. The third-order valence-electron chi connectivity index (χ3n) is 2.96. The lowest BCUT2D eigenvalue weighted by molar-refractivity contribution is 0.0952. The fourth-order valence-corrected chi connectivity index (χ4v) is 4.35. The van der Waals surface area contributed by atoms with Gasteiger partial charge in [-0.15, -0.1) is 0 Å². The van der Waals surface area contributed by atoms with Gasteiger partial charge in [0.1, 0.15) is 11.5 Å². The van der Waals surface area contributed by atoms with Crippen LogP contribution < -0.4 is 10.2 Å². The number of nitrogens with zero attached hydrogens (tertiary/aromatic N) is 1. The molecular weight excluding hydrogens is 614 g/mol. The fourth-order valence-electron chi connectivity index (χ4n) is 1.92. The Balaban J connectivity index is 2.12. The molecule has 2 aromatic rings. The SMILES string of the molecule is CC(C)Oc1c(I)cc(/C=N/NC(=O)c2cc(Br)ccc2O)cc1I. The van der Waals surface area contributed by atoms with Gasteiger partial charge in [0.2, 0.25) is 0 Å². The minimum atomic E-state index is -0.487. The number of aromatic hydroxyl groups is 1. The van der Waals surface area contributed by atoms with Crippen LogP contribution in [0.25, 0.3) is 0 Å². The molecule has 0 fully saturated rings. The van der Waals surface area contributed by atoms with E-state index in [2.05, 4.69) is 71.6 Å². The highest BCUT2D eigenvalue weighted by Gasteiger charge is 2.12. The summed E-state index contributed by atoms with van der Waals surface area (Å²) in [4.78, 5) is 12.1. The highest BCUT2D eigenvalue weighted by atomic mass is 127. The number of carbonyl (C=O) groups is 1. The summed E-state index contributed by atoms with van der Waals surface area (Å²) in [5.41, 5.74) is 3.40. The van der Waals surface area contributed by atoms with E-state index in [0.29, 0.717) is 4.47 Å². The van der Waals surface area contributed by atoms with Crippen molar-refractivity contribution in [1.29, 1.82) is 0 Å². The smallest absolute Gasteiger partial charge is 0.275 e. The topological polar surface area (TPSA) is 70.9 Å². The van der Waals surface area contributed by atoms with Gasteiger partial charge in [-0.25, -0.2) is 5.43 Å². The molecule has 0 saturated carbocycles. The molecule has 2 aromatic carbocycles. The van der Waals surface area contributed by atoms with Crippen molar-refractivity contribution in [3.05, 3.63) is 53.1 Å².